The molecule has 116 valence electrons. The predicted molar refractivity (Wildman–Crippen MR) is 90.6 cm³/mol. The van der Waals surface area contributed by atoms with Gasteiger partial charge in [-0.3, -0.25) is 0 Å². The van der Waals surface area contributed by atoms with E-state index in [-0.39, 0.29) is 0 Å². The number of benzene rings is 1. The fraction of sp³-hybridized carbons (Fsp3) is 0.588. The zero-order chi connectivity index (χ0) is 15.4. The van der Waals surface area contributed by atoms with E-state index in [0.29, 0.717) is 12.0 Å². The van der Waals surface area contributed by atoms with Crippen molar-refractivity contribution in [3.05, 3.63) is 23.8 Å². The zero-order valence-corrected chi connectivity index (χ0v) is 13.8. The van der Waals surface area contributed by atoms with Crippen LogP contribution in [0.15, 0.2) is 18.2 Å². The van der Waals surface area contributed by atoms with Crippen molar-refractivity contribution in [2.45, 2.75) is 46.6 Å². The molecule has 1 heterocycles. The van der Waals surface area contributed by atoms with Crippen LogP contribution >= 0.6 is 0 Å². The predicted octanol–water partition coefficient (Wildman–Crippen LogP) is 3.61. The van der Waals surface area contributed by atoms with Crippen LogP contribution in [0.1, 0.15) is 45.2 Å². The van der Waals surface area contributed by atoms with E-state index < -0.39 is 0 Å². The zero-order valence-electron chi connectivity index (χ0n) is 13.8. The van der Waals surface area contributed by atoms with Crippen molar-refractivity contribution < 1.29 is 0 Å². The maximum absolute atomic E-state index is 6.13. The molecular weight excluding hydrogens is 260 g/mol. The normalized spacial score (nSPS) is 13.2. The molecule has 0 radical (unpaired) electrons. The number of nitrogens with two attached hydrogens (primary N) is 1. The van der Waals surface area contributed by atoms with E-state index in [4.69, 9.17) is 5.73 Å². The van der Waals surface area contributed by atoms with Gasteiger partial charge in [0.1, 0.15) is 0 Å². The summed E-state index contributed by atoms with van der Waals surface area (Å²) in [6.07, 6.45) is 2.31. The third-order valence-electron chi connectivity index (χ3n) is 4.30. The van der Waals surface area contributed by atoms with Gasteiger partial charge in [-0.05, 0) is 64.0 Å². The molecule has 4 nitrogen and oxygen atoms in total. The maximum Gasteiger partial charge on any atom is 0.201 e. The highest BCUT2D eigenvalue weighted by molar-refractivity contribution is 5.79. The standard InChI is InChI=1S/C17H28N4/c1-5-20(6-2)11-7-8-14(4)21-16-12-13(3)9-10-15(16)19-17(21)18/h9-10,12,14H,5-8,11H2,1-4H3,(H2,18,19). The van der Waals surface area contributed by atoms with Crippen molar-refractivity contribution in [2.24, 2.45) is 0 Å². The van der Waals surface area contributed by atoms with Crippen molar-refractivity contribution in [3.8, 4) is 0 Å². The van der Waals surface area contributed by atoms with Crippen molar-refractivity contribution in [1.82, 2.24) is 14.5 Å². The van der Waals surface area contributed by atoms with Gasteiger partial charge in [0.25, 0.3) is 0 Å². The smallest absolute Gasteiger partial charge is 0.201 e. The molecular formula is C17H28N4. The van der Waals surface area contributed by atoms with Crippen LogP contribution in [0.3, 0.4) is 0 Å². The van der Waals surface area contributed by atoms with E-state index in [9.17, 15) is 0 Å². The summed E-state index contributed by atoms with van der Waals surface area (Å²) in [6, 6.07) is 6.71. The van der Waals surface area contributed by atoms with E-state index in [1.807, 2.05) is 0 Å². The number of hydrogen-bond donors (Lipinski definition) is 1. The molecule has 0 aliphatic heterocycles. The van der Waals surface area contributed by atoms with Gasteiger partial charge in [0.15, 0.2) is 0 Å². The Balaban J connectivity index is 2.10. The van der Waals surface area contributed by atoms with E-state index in [1.165, 1.54) is 12.0 Å². The minimum Gasteiger partial charge on any atom is -0.369 e. The first-order valence-electron chi connectivity index (χ1n) is 8.03. The number of rotatable bonds is 7. The van der Waals surface area contributed by atoms with Crippen LogP contribution in [0.4, 0.5) is 5.95 Å². The molecule has 4 heteroatoms. The van der Waals surface area contributed by atoms with Crippen LogP contribution in [0.2, 0.25) is 0 Å². The Hall–Kier alpha value is -1.55. The lowest BCUT2D eigenvalue weighted by Gasteiger charge is -2.20. The van der Waals surface area contributed by atoms with Crippen molar-refractivity contribution >= 4 is 17.0 Å². The van der Waals surface area contributed by atoms with Gasteiger partial charge < -0.3 is 15.2 Å². The Morgan fingerprint density at radius 1 is 1.29 bits per heavy atom. The number of imidazole rings is 1. The summed E-state index contributed by atoms with van der Waals surface area (Å²) in [5, 5.41) is 0. The Morgan fingerprint density at radius 3 is 2.67 bits per heavy atom. The molecule has 1 aromatic carbocycles. The van der Waals surface area contributed by atoms with E-state index in [1.54, 1.807) is 0 Å². The number of nitrogen functional groups attached to an aromatic ring is 1. The van der Waals surface area contributed by atoms with Crippen LogP contribution in [-0.4, -0.2) is 34.1 Å². The molecule has 0 spiro atoms. The molecule has 0 amide bonds. The molecule has 0 fully saturated rings. The fourth-order valence-corrected chi connectivity index (χ4v) is 2.96. The summed E-state index contributed by atoms with van der Waals surface area (Å²) in [6.45, 7) is 12.2. The van der Waals surface area contributed by atoms with Gasteiger partial charge in [0.05, 0.1) is 11.0 Å². The van der Waals surface area contributed by atoms with Gasteiger partial charge in [-0.2, -0.15) is 0 Å². The molecule has 0 saturated carbocycles. The van der Waals surface area contributed by atoms with Gasteiger partial charge in [-0.1, -0.05) is 19.9 Å². The second kappa shape index (κ2) is 6.94. The first kappa shape index (κ1) is 15.8. The van der Waals surface area contributed by atoms with Gasteiger partial charge in [-0.25, -0.2) is 4.98 Å². The lowest BCUT2D eigenvalue weighted by Crippen LogP contribution is -2.24. The number of fused-ring (bicyclic) bond motifs is 1. The minimum absolute atomic E-state index is 0.382. The van der Waals surface area contributed by atoms with Crippen LogP contribution in [0.5, 0.6) is 0 Å². The van der Waals surface area contributed by atoms with Gasteiger partial charge in [-0.15, -0.1) is 0 Å². The summed E-state index contributed by atoms with van der Waals surface area (Å²) in [4.78, 5) is 6.95. The first-order chi connectivity index (χ1) is 10.1. The Bertz CT molecular complexity index is 584. The van der Waals surface area contributed by atoms with Crippen LogP contribution in [0, 0.1) is 6.92 Å². The number of hydrogen-bond acceptors (Lipinski definition) is 3. The average Bonchev–Trinajstić information content (AvgIpc) is 2.78. The third-order valence-corrected chi connectivity index (χ3v) is 4.30. The molecule has 0 aliphatic rings. The lowest BCUT2D eigenvalue weighted by molar-refractivity contribution is 0.289. The van der Waals surface area contributed by atoms with Gasteiger partial charge >= 0.3 is 0 Å². The second-order valence-electron chi connectivity index (χ2n) is 5.85. The van der Waals surface area contributed by atoms with Crippen LogP contribution in [-0.2, 0) is 0 Å². The minimum atomic E-state index is 0.382. The van der Waals surface area contributed by atoms with E-state index >= 15 is 0 Å². The highest BCUT2D eigenvalue weighted by Gasteiger charge is 2.14. The Labute approximate surface area is 128 Å². The number of aryl methyl sites for hydroxylation is 1. The maximum atomic E-state index is 6.13. The molecule has 21 heavy (non-hydrogen) atoms. The molecule has 2 aromatic rings. The van der Waals surface area contributed by atoms with Crippen LogP contribution in [0.25, 0.3) is 11.0 Å². The average molecular weight is 288 g/mol. The Kier molecular flexibility index (Phi) is 5.23. The molecule has 1 aromatic heterocycles. The summed E-state index contributed by atoms with van der Waals surface area (Å²) >= 11 is 0. The topological polar surface area (TPSA) is 47.1 Å². The van der Waals surface area contributed by atoms with E-state index in [0.717, 1.165) is 37.1 Å². The number of nitrogens with zero attached hydrogens (tertiary/aromatic N) is 3. The summed E-state index contributed by atoms with van der Waals surface area (Å²) in [5.74, 6) is 0.630. The van der Waals surface area contributed by atoms with Crippen molar-refractivity contribution in [2.75, 3.05) is 25.4 Å². The lowest BCUT2D eigenvalue weighted by atomic mass is 10.1. The number of anilines is 1. The molecule has 1 unspecified atom stereocenters. The summed E-state index contributed by atoms with van der Waals surface area (Å²) in [7, 11) is 0. The number of aromatic nitrogens is 2. The molecule has 0 aliphatic carbocycles. The molecule has 2 N–H and O–H groups in total. The molecule has 2 rings (SSSR count). The summed E-state index contributed by atoms with van der Waals surface area (Å²) < 4.78 is 2.19. The molecule has 0 bridgehead atoms. The summed E-state index contributed by atoms with van der Waals surface area (Å²) in [5.41, 5.74) is 9.53. The largest absolute Gasteiger partial charge is 0.369 e. The van der Waals surface area contributed by atoms with Crippen molar-refractivity contribution in [3.63, 3.8) is 0 Å². The SMILES string of the molecule is CCN(CC)CCCC(C)n1c(N)nc2ccc(C)cc21. The highest BCUT2D eigenvalue weighted by atomic mass is 15.2. The first-order valence-corrected chi connectivity index (χ1v) is 8.03. The van der Waals surface area contributed by atoms with Gasteiger partial charge in [0.2, 0.25) is 5.95 Å². The Morgan fingerprint density at radius 2 is 2.00 bits per heavy atom. The molecule has 0 saturated heterocycles. The third kappa shape index (κ3) is 3.56. The quantitative estimate of drug-likeness (QED) is 0.846. The van der Waals surface area contributed by atoms with Crippen molar-refractivity contribution in [1.29, 1.82) is 0 Å². The monoisotopic (exact) mass is 288 g/mol. The highest BCUT2D eigenvalue weighted by Crippen LogP contribution is 2.26. The fourth-order valence-electron chi connectivity index (χ4n) is 2.96. The van der Waals surface area contributed by atoms with E-state index in [2.05, 4.69) is 60.3 Å². The molecule has 1 atom stereocenters. The van der Waals surface area contributed by atoms with Gasteiger partial charge in [0, 0.05) is 6.04 Å². The second-order valence-corrected chi connectivity index (χ2v) is 5.85. The van der Waals surface area contributed by atoms with Crippen LogP contribution < -0.4 is 5.73 Å².